The van der Waals surface area contributed by atoms with Crippen molar-refractivity contribution in [3.63, 3.8) is 0 Å². The van der Waals surface area contributed by atoms with Crippen LogP contribution in [-0.4, -0.2) is 69.7 Å². The number of pyridine rings is 2. The van der Waals surface area contributed by atoms with Crippen LogP contribution in [0.25, 0.3) is 5.82 Å². The first-order valence-corrected chi connectivity index (χ1v) is 12.6. The van der Waals surface area contributed by atoms with Crippen LogP contribution in [-0.2, 0) is 22.7 Å². The Kier molecular flexibility index (Phi) is 6.09. The van der Waals surface area contributed by atoms with Crippen LogP contribution < -0.4 is 9.62 Å². The van der Waals surface area contributed by atoms with Crippen LogP contribution in [0.2, 0.25) is 0 Å². The Morgan fingerprint density at radius 3 is 2.46 bits per heavy atom. The summed E-state index contributed by atoms with van der Waals surface area (Å²) in [6.07, 6.45) is -0.644. The second kappa shape index (κ2) is 9.07. The highest BCUT2D eigenvalue weighted by Crippen LogP contribution is 2.30. The summed E-state index contributed by atoms with van der Waals surface area (Å²) >= 11 is 0. The van der Waals surface area contributed by atoms with Gasteiger partial charge >= 0.3 is 6.18 Å². The van der Waals surface area contributed by atoms with E-state index in [9.17, 15) is 21.6 Å². The molecule has 10 nitrogen and oxygen atoms in total. The van der Waals surface area contributed by atoms with Crippen LogP contribution in [0.4, 0.5) is 24.8 Å². The van der Waals surface area contributed by atoms with Crippen molar-refractivity contribution in [1.82, 2.24) is 29.9 Å². The number of hydrogen-bond acceptors (Lipinski definition) is 8. The molecule has 3 aromatic heterocycles. The number of nitrogens with zero attached hydrogens (tertiary/aromatic N) is 7. The van der Waals surface area contributed by atoms with E-state index in [-0.39, 0.29) is 11.1 Å². The molecule has 3 aromatic rings. The third-order valence-electron chi connectivity index (χ3n) is 5.88. The fraction of sp³-hybridized carbons (Fsp3) is 0.429. The van der Waals surface area contributed by atoms with Gasteiger partial charge in [0.05, 0.1) is 22.7 Å². The van der Waals surface area contributed by atoms with Crippen molar-refractivity contribution in [3.05, 3.63) is 54.0 Å². The Hall–Kier alpha value is -3.26. The Balaban J connectivity index is 1.16. The molecule has 0 bridgehead atoms. The van der Waals surface area contributed by atoms with Gasteiger partial charge in [0, 0.05) is 38.9 Å². The van der Waals surface area contributed by atoms with Gasteiger partial charge in [-0.05, 0) is 37.1 Å². The quantitative estimate of drug-likeness (QED) is 0.518. The van der Waals surface area contributed by atoms with Crippen molar-refractivity contribution in [2.45, 2.75) is 30.8 Å². The summed E-state index contributed by atoms with van der Waals surface area (Å²) in [5, 5.41) is 7.78. The molecular formula is C21H23F3N8O2S. The van der Waals surface area contributed by atoms with Crippen LogP contribution in [0.15, 0.2) is 42.7 Å². The summed E-state index contributed by atoms with van der Waals surface area (Å²) in [4.78, 5) is 12.6. The molecule has 1 aliphatic heterocycles. The molecular weight excluding hydrogens is 485 g/mol. The maximum absolute atomic E-state index is 12.7. The lowest BCUT2D eigenvalue weighted by Gasteiger charge is -2.35. The number of sulfonamides is 1. The molecule has 5 rings (SSSR count). The predicted octanol–water partition coefficient (Wildman–Crippen LogP) is 2.30. The van der Waals surface area contributed by atoms with Gasteiger partial charge in [-0.15, -0.1) is 5.10 Å². The number of rotatable bonds is 7. The van der Waals surface area contributed by atoms with E-state index in [1.807, 2.05) is 6.07 Å². The van der Waals surface area contributed by atoms with Gasteiger partial charge in [0.15, 0.2) is 5.82 Å². The van der Waals surface area contributed by atoms with E-state index in [0.717, 1.165) is 25.4 Å². The Morgan fingerprint density at radius 1 is 1.03 bits per heavy atom. The fourth-order valence-electron chi connectivity index (χ4n) is 3.80. The van der Waals surface area contributed by atoms with Gasteiger partial charge < -0.3 is 4.90 Å². The number of halogens is 3. The number of aromatic nitrogens is 5. The average molecular weight is 509 g/mol. The van der Waals surface area contributed by atoms with E-state index in [1.54, 1.807) is 18.3 Å². The lowest BCUT2D eigenvalue weighted by atomic mass is 10.2. The molecule has 0 unspecified atom stereocenters. The highest BCUT2D eigenvalue weighted by Gasteiger charge is 2.36. The molecule has 4 heterocycles. The van der Waals surface area contributed by atoms with Gasteiger partial charge in [-0.1, -0.05) is 11.3 Å². The lowest BCUT2D eigenvalue weighted by Crippen LogP contribution is -2.46. The minimum absolute atomic E-state index is 0.254. The monoisotopic (exact) mass is 508 g/mol. The molecule has 1 aliphatic carbocycles. The summed E-state index contributed by atoms with van der Waals surface area (Å²) in [5.74, 6) is 1.29. The molecule has 0 spiro atoms. The summed E-state index contributed by atoms with van der Waals surface area (Å²) in [6, 6.07) is 7.50. The number of anilines is 2. The van der Waals surface area contributed by atoms with E-state index < -0.39 is 21.8 Å². The predicted molar refractivity (Wildman–Crippen MR) is 121 cm³/mol. The van der Waals surface area contributed by atoms with E-state index in [1.165, 1.54) is 10.7 Å². The average Bonchev–Trinajstić information content (AvgIpc) is 3.60. The van der Waals surface area contributed by atoms with Gasteiger partial charge in [0.25, 0.3) is 0 Å². The van der Waals surface area contributed by atoms with Crippen molar-refractivity contribution in [1.29, 1.82) is 0 Å². The molecule has 35 heavy (non-hydrogen) atoms. The van der Waals surface area contributed by atoms with Crippen molar-refractivity contribution in [2.75, 3.05) is 35.8 Å². The third kappa shape index (κ3) is 5.53. The number of nitrogens with one attached hydrogen (secondary N) is 1. The highest BCUT2D eigenvalue weighted by atomic mass is 32.2. The molecule has 0 radical (unpaired) electrons. The standard InChI is InChI=1S/C21H23F3N8O2S/c22-21(23,24)15-4-7-19(25-12-15)32-14-16(27-29-32)13-30-8-10-31(11-9-30)20-3-1-2-18(26-20)28-35(33,34)17-5-6-17/h1-4,7,12,14,17H,5-6,8-11,13H2,(H,26,28). The van der Waals surface area contributed by atoms with Crippen LogP contribution >= 0.6 is 0 Å². The van der Waals surface area contributed by atoms with Gasteiger partial charge in [0.1, 0.15) is 11.6 Å². The minimum atomic E-state index is -4.44. The van der Waals surface area contributed by atoms with Crippen molar-refractivity contribution in [3.8, 4) is 5.82 Å². The first kappa shape index (κ1) is 23.5. The molecule has 1 saturated carbocycles. The summed E-state index contributed by atoms with van der Waals surface area (Å²) in [7, 11) is -3.37. The Bertz CT molecular complexity index is 1280. The third-order valence-corrected chi connectivity index (χ3v) is 7.72. The SMILES string of the molecule is O=S(=O)(Nc1cccc(N2CCN(Cc3cn(-c4ccc(C(F)(F)F)cn4)nn3)CC2)n1)C1CC1. The highest BCUT2D eigenvalue weighted by molar-refractivity contribution is 7.93. The van der Waals surface area contributed by atoms with Gasteiger partial charge in [-0.3, -0.25) is 9.62 Å². The first-order valence-electron chi connectivity index (χ1n) is 11.1. The van der Waals surface area contributed by atoms with Gasteiger partial charge in [-0.25, -0.2) is 23.1 Å². The molecule has 0 aromatic carbocycles. The topological polar surface area (TPSA) is 109 Å². The zero-order valence-electron chi connectivity index (χ0n) is 18.6. The maximum Gasteiger partial charge on any atom is 0.417 e. The van der Waals surface area contributed by atoms with Crippen molar-refractivity contribution in [2.24, 2.45) is 0 Å². The van der Waals surface area contributed by atoms with Crippen molar-refractivity contribution >= 4 is 21.7 Å². The summed E-state index contributed by atoms with van der Waals surface area (Å²) in [5.41, 5.74) is -0.144. The molecule has 1 saturated heterocycles. The van der Waals surface area contributed by atoms with Gasteiger partial charge in [0.2, 0.25) is 10.0 Å². The maximum atomic E-state index is 12.7. The number of hydrogen-bond donors (Lipinski definition) is 1. The van der Waals surface area contributed by atoms with Crippen molar-refractivity contribution < 1.29 is 21.6 Å². The lowest BCUT2D eigenvalue weighted by molar-refractivity contribution is -0.137. The first-order chi connectivity index (χ1) is 16.7. The van der Waals surface area contributed by atoms with Crippen LogP contribution in [0, 0.1) is 0 Å². The number of piperazine rings is 1. The molecule has 2 aliphatic rings. The summed E-state index contributed by atoms with van der Waals surface area (Å²) in [6.45, 7) is 3.38. The van der Waals surface area contributed by atoms with E-state index in [0.29, 0.717) is 49.8 Å². The molecule has 2 fully saturated rings. The van der Waals surface area contributed by atoms with Crippen LogP contribution in [0.5, 0.6) is 0 Å². The largest absolute Gasteiger partial charge is 0.417 e. The van der Waals surface area contributed by atoms with E-state index >= 15 is 0 Å². The van der Waals surface area contributed by atoms with E-state index in [2.05, 4.69) is 34.8 Å². The summed E-state index contributed by atoms with van der Waals surface area (Å²) < 4.78 is 66.5. The molecule has 1 N–H and O–H groups in total. The molecule has 0 amide bonds. The smallest absolute Gasteiger partial charge is 0.354 e. The molecule has 0 atom stereocenters. The molecule has 14 heteroatoms. The zero-order chi connectivity index (χ0) is 24.6. The normalized spacial score (nSPS) is 17.5. The fourth-order valence-corrected chi connectivity index (χ4v) is 5.13. The Labute approximate surface area is 199 Å². The minimum Gasteiger partial charge on any atom is -0.354 e. The van der Waals surface area contributed by atoms with E-state index in [4.69, 9.17) is 0 Å². The van der Waals surface area contributed by atoms with Crippen LogP contribution in [0.3, 0.4) is 0 Å². The van der Waals surface area contributed by atoms with Gasteiger partial charge in [-0.2, -0.15) is 13.2 Å². The molecule has 186 valence electrons. The zero-order valence-corrected chi connectivity index (χ0v) is 19.4. The number of alkyl halides is 3. The second-order valence-corrected chi connectivity index (χ2v) is 10.5. The van der Waals surface area contributed by atoms with Crippen LogP contribution in [0.1, 0.15) is 24.1 Å². The Morgan fingerprint density at radius 2 is 1.80 bits per heavy atom. The second-order valence-electron chi connectivity index (χ2n) is 8.55.